The van der Waals surface area contributed by atoms with Crippen LogP contribution in [0.15, 0.2) is 36.1 Å². The largest absolute Gasteiger partial charge is 0.495 e. The van der Waals surface area contributed by atoms with E-state index >= 15 is 0 Å². The number of aliphatic hydroxyl groups is 1. The van der Waals surface area contributed by atoms with E-state index in [1.165, 1.54) is 6.07 Å². The fraction of sp³-hybridized carbons (Fsp3) is 0.333. The minimum Gasteiger partial charge on any atom is -0.495 e. The lowest BCUT2D eigenvalue weighted by atomic mass is 9.93. The Morgan fingerprint density at radius 1 is 1.40 bits per heavy atom. The van der Waals surface area contributed by atoms with E-state index in [0.29, 0.717) is 12.4 Å². The second-order valence-corrected chi connectivity index (χ2v) is 3.76. The summed E-state index contributed by atoms with van der Waals surface area (Å²) in [5.74, 6) is 0.0199. The Morgan fingerprint density at radius 2 is 2.13 bits per heavy atom. The summed E-state index contributed by atoms with van der Waals surface area (Å²) in [7, 11) is 0. The van der Waals surface area contributed by atoms with Crippen molar-refractivity contribution in [2.45, 2.75) is 18.9 Å². The van der Waals surface area contributed by atoms with Gasteiger partial charge in [0.2, 0.25) is 0 Å². The Morgan fingerprint density at radius 3 is 2.73 bits per heavy atom. The fourth-order valence-corrected chi connectivity index (χ4v) is 1.75. The predicted octanol–water partition coefficient (Wildman–Crippen LogP) is 2.34. The summed E-state index contributed by atoms with van der Waals surface area (Å²) in [6.45, 7) is 2.10. The van der Waals surface area contributed by atoms with E-state index in [1.54, 1.807) is 31.2 Å². The van der Waals surface area contributed by atoms with Gasteiger partial charge in [-0.1, -0.05) is 18.2 Å². The molecule has 0 aliphatic carbocycles. The molecule has 15 heavy (non-hydrogen) atoms. The van der Waals surface area contributed by atoms with Gasteiger partial charge in [0.25, 0.3) is 0 Å². The number of rotatable bonds is 2. The Hall–Kier alpha value is -1.35. The first kappa shape index (κ1) is 10.2. The maximum atomic E-state index is 13.5. The first-order valence-electron chi connectivity index (χ1n) is 4.93. The van der Waals surface area contributed by atoms with Crippen LogP contribution in [0.5, 0.6) is 0 Å². The lowest BCUT2D eigenvalue weighted by Gasteiger charge is -2.25. The molecule has 0 spiro atoms. The number of hydrogen-bond acceptors (Lipinski definition) is 2. The van der Waals surface area contributed by atoms with Crippen molar-refractivity contribution in [1.82, 2.24) is 0 Å². The molecule has 0 saturated heterocycles. The third kappa shape index (κ3) is 1.75. The van der Waals surface area contributed by atoms with Gasteiger partial charge in [0.1, 0.15) is 17.2 Å². The first-order chi connectivity index (χ1) is 7.12. The molecular formula is C12H13FO2. The average Bonchev–Trinajstić information content (AvgIpc) is 2.71. The smallest absolute Gasteiger partial charge is 0.146 e. The van der Waals surface area contributed by atoms with Crippen molar-refractivity contribution in [3.63, 3.8) is 0 Å². The van der Waals surface area contributed by atoms with Gasteiger partial charge in [0.15, 0.2) is 0 Å². The second kappa shape index (κ2) is 3.66. The summed E-state index contributed by atoms with van der Waals surface area (Å²) in [4.78, 5) is 0. The van der Waals surface area contributed by atoms with E-state index in [9.17, 15) is 9.50 Å². The van der Waals surface area contributed by atoms with Gasteiger partial charge in [-0.05, 0) is 19.1 Å². The Labute approximate surface area is 88.0 Å². The van der Waals surface area contributed by atoms with Crippen molar-refractivity contribution in [2.75, 3.05) is 6.61 Å². The minimum atomic E-state index is -1.37. The van der Waals surface area contributed by atoms with E-state index in [2.05, 4.69) is 0 Å². The summed E-state index contributed by atoms with van der Waals surface area (Å²) < 4.78 is 18.8. The fourth-order valence-electron chi connectivity index (χ4n) is 1.75. The molecule has 1 aromatic carbocycles. The molecule has 1 atom stereocenters. The maximum absolute atomic E-state index is 13.5. The van der Waals surface area contributed by atoms with Crippen LogP contribution < -0.4 is 0 Å². The quantitative estimate of drug-likeness (QED) is 0.808. The van der Waals surface area contributed by atoms with Gasteiger partial charge in [-0.25, -0.2) is 4.39 Å². The molecule has 0 radical (unpaired) electrons. The monoisotopic (exact) mass is 208 g/mol. The second-order valence-electron chi connectivity index (χ2n) is 3.76. The molecule has 1 aliphatic rings. The van der Waals surface area contributed by atoms with Gasteiger partial charge < -0.3 is 9.84 Å². The van der Waals surface area contributed by atoms with Crippen LogP contribution >= 0.6 is 0 Å². The summed E-state index contributed by atoms with van der Waals surface area (Å²) in [5, 5.41) is 10.2. The highest BCUT2D eigenvalue weighted by Gasteiger charge is 2.33. The van der Waals surface area contributed by atoms with Crippen LogP contribution in [-0.2, 0) is 10.3 Å². The molecule has 1 aromatic rings. The summed E-state index contributed by atoms with van der Waals surface area (Å²) in [5.41, 5.74) is -1.12. The lowest BCUT2D eigenvalue weighted by Crippen LogP contribution is -2.25. The topological polar surface area (TPSA) is 29.5 Å². The predicted molar refractivity (Wildman–Crippen MR) is 54.6 cm³/mol. The van der Waals surface area contributed by atoms with Crippen LogP contribution in [0, 0.1) is 5.82 Å². The van der Waals surface area contributed by atoms with Crippen molar-refractivity contribution in [3.05, 3.63) is 47.5 Å². The number of hydrogen-bond donors (Lipinski definition) is 1. The lowest BCUT2D eigenvalue weighted by molar-refractivity contribution is 0.0289. The molecule has 0 fully saturated rings. The summed E-state index contributed by atoms with van der Waals surface area (Å²) in [6.07, 6.45) is 2.56. The van der Waals surface area contributed by atoms with Crippen LogP contribution in [0.2, 0.25) is 0 Å². The van der Waals surface area contributed by atoms with Crippen molar-refractivity contribution in [3.8, 4) is 0 Å². The van der Waals surface area contributed by atoms with Crippen molar-refractivity contribution >= 4 is 0 Å². The van der Waals surface area contributed by atoms with E-state index in [1.807, 2.05) is 0 Å². The van der Waals surface area contributed by atoms with Gasteiger partial charge >= 0.3 is 0 Å². The molecular weight excluding hydrogens is 195 g/mol. The number of benzene rings is 1. The SMILES string of the molecule is CC(O)(C1=CCCO1)c1ccccc1F. The Bertz CT molecular complexity index is 396. The molecule has 2 rings (SSSR count). The molecule has 0 bridgehead atoms. The molecule has 0 amide bonds. The molecule has 1 unspecified atom stereocenters. The van der Waals surface area contributed by atoms with Crippen molar-refractivity contribution < 1.29 is 14.2 Å². The normalized spacial score (nSPS) is 19.3. The highest BCUT2D eigenvalue weighted by Crippen LogP contribution is 2.33. The zero-order chi connectivity index (χ0) is 10.9. The van der Waals surface area contributed by atoms with E-state index in [0.717, 1.165) is 6.42 Å². The number of halogens is 1. The summed E-state index contributed by atoms with van der Waals surface area (Å²) >= 11 is 0. The zero-order valence-electron chi connectivity index (χ0n) is 8.53. The van der Waals surface area contributed by atoms with E-state index in [-0.39, 0.29) is 5.56 Å². The highest BCUT2D eigenvalue weighted by atomic mass is 19.1. The molecule has 1 heterocycles. The molecule has 1 aliphatic heterocycles. The van der Waals surface area contributed by atoms with Crippen LogP contribution in [-0.4, -0.2) is 11.7 Å². The molecule has 1 N–H and O–H groups in total. The zero-order valence-corrected chi connectivity index (χ0v) is 8.53. The Balaban J connectivity index is 2.41. The number of ether oxygens (including phenoxy) is 1. The molecule has 0 saturated carbocycles. The average molecular weight is 208 g/mol. The van der Waals surface area contributed by atoms with Gasteiger partial charge in [0, 0.05) is 12.0 Å². The molecule has 80 valence electrons. The molecule has 3 heteroatoms. The van der Waals surface area contributed by atoms with Gasteiger partial charge in [-0.3, -0.25) is 0 Å². The van der Waals surface area contributed by atoms with Gasteiger partial charge in [0.05, 0.1) is 6.61 Å². The van der Waals surface area contributed by atoms with Crippen LogP contribution in [0.25, 0.3) is 0 Å². The maximum Gasteiger partial charge on any atom is 0.146 e. The minimum absolute atomic E-state index is 0.248. The van der Waals surface area contributed by atoms with Crippen LogP contribution in [0.1, 0.15) is 18.9 Å². The Kier molecular flexibility index (Phi) is 2.49. The van der Waals surface area contributed by atoms with Crippen molar-refractivity contribution in [1.29, 1.82) is 0 Å². The molecule has 0 aromatic heterocycles. The molecule has 2 nitrogen and oxygen atoms in total. The summed E-state index contributed by atoms with van der Waals surface area (Å²) in [6, 6.07) is 6.19. The highest BCUT2D eigenvalue weighted by molar-refractivity contribution is 5.31. The third-order valence-electron chi connectivity index (χ3n) is 2.58. The third-order valence-corrected chi connectivity index (χ3v) is 2.58. The van der Waals surface area contributed by atoms with Crippen LogP contribution in [0.3, 0.4) is 0 Å². The van der Waals surface area contributed by atoms with Crippen LogP contribution in [0.4, 0.5) is 4.39 Å². The standard InChI is InChI=1S/C12H13FO2/c1-12(14,11-7-4-8-15-11)9-5-2-3-6-10(9)13/h2-3,5-7,14H,4,8H2,1H3. The van der Waals surface area contributed by atoms with Gasteiger partial charge in [-0.15, -0.1) is 0 Å². The van der Waals surface area contributed by atoms with Crippen molar-refractivity contribution in [2.24, 2.45) is 0 Å². The van der Waals surface area contributed by atoms with Gasteiger partial charge in [-0.2, -0.15) is 0 Å². The van der Waals surface area contributed by atoms with E-state index in [4.69, 9.17) is 4.74 Å². The van der Waals surface area contributed by atoms with E-state index < -0.39 is 11.4 Å². The first-order valence-corrected chi connectivity index (χ1v) is 4.93.